The fourth-order valence-electron chi connectivity index (χ4n) is 16.9. The van der Waals surface area contributed by atoms with Gasteiger partial charge in [-0.1, -0.05) is 296 Å². The molecule has 11 heterocycles. The van der Waals surface area contributed by atoms with E-state index < -0.39 is 0 Å². The van der Waals surface area contributed by atoms with Gasteiger partial charge in [0.15, 0.2) is 16.7 Å². The zero-order valence-electron chi connectivity index (χ0n) is 65.5. The van der Waals surface area contributed by atoms with Crippen molar-refractivity contribution in [1.29, 1.82) is 0 Å². The van der Waals surface area contributed by atoms with Gasteiger partial charge in [-0.3, -0.25) is 13.7 Å². The monoisotopic (exact) mass is 1650 g/mol. The normalized spacial score (nSPS) is 11.6. The Hall–Kier alpha value is -15.5. The third kappa shape index (κ3) is 13.1. The Morgan fingerprint density at radius 2 is 0.585 bits per heavy atom. The largest absolute Gasteiger partial charge is 0.415 e. The first-order chi connectivity index (χ1) is 61.0. The average molecular weight is 1650 g/mol. The highest BCUT2D eigenvalue weighted by molar-refractivity contribution is 7.24. The summed E-state index contributed by atoms with van der Waals surface area (Å²) in [7, 11) is 0. The maximum Gasteiger partial charge on any atom is 0.266 e. The van der Waals surface area contributed by atoms with Crippen molar-refractivity contribution >= 4 is 141 Å². The Kier molecular flexibility index (Phi) is 18.3. The van der Waals surface area contributed by atoms with Gasteiger partial charge in [-0.15, -0.1) is 64.6 Å². The van der Waals surface area contributed by atoms with E-state index in [4.69, 9.17) is 24.6 Å². The molecule has 0 saturated carbocycles. The fourth-order valence-corrected chi connectivity index (χ4v) is 21.4. The van der Waals surface area contributed by atoms with E-state index in [0.717, 1.165) is 94.7 Å². The summed E-state index contributed by atoms with van der Waals surface area (Å²) in [5.74, 6) is 4.16. The molecular weight excluding hydrogens is 1590 g/mol. The lowest BCUT2D eigenvalue weighted by Gasteiger charge is -2.13. The Balaban J connectivity index is 0.000000107. The quantitative estimate of drug-likeness (QED) is 0.110. The van der Waals surface area contributed by atoms with Crippen LogP contribution >= 0.6 is 45.3 Å². The van der Waals surface area contributed by atoms with Gasteiger partial charge < -0.3 is 8.98 Å². The van der Waals surface area contributed by atoms with Crippen molar-refractivity contribution < 1.29 is 4.42 Å². The molecule has 0 unspecified atom stereocenters. The highest BCUT2D eigenvalue weighted by Gasteiger charge is 2.25. The molecule has 25 aromatic rings. The van der Waals surface area contributed by atoms with Crippen molar-refractivity contribution in [2.24, 2.45) is 0 Å². The van der Waals surface area contributed by atoms with Crippen LogP contribution in [0.3, 0.4) is 0 Å². The summed E-state index contributed by atoms with van der Waals surface area (Å²) in [5.41, 5.74) is 18.1. The molecule has 11 aromatic heterocycles. The van der Waals surface area contributed by atoms with Crippen molar-refractivity contribution in [1.82, 2.24) is 58.8 Å². The fraction of sp³-hybridized carbons (Fsp3) is 0. The number of rotatable bonds is 13. The summed E-state index contributed by atoms with van der Waals surface area (Å²) in [6, 6.07) is 139. The van der Waals surface area contributed by atoms with Crippen molar-refractivity contribution in [3.8, 4) is 121 Å². The van der Waals surface area contributed by atoms with Crippen LogP contribution in [-0.4, -0.2) is 58.8 Å². The second kappa shape index (κ2) is 31.0. The van der Waals surface area contributed by atoms with Crippen molar-refractivity contribution in [3.63, 3.8) is 0 Å². The number of pyridine rings is 2. The zero-order chi connectivity index (χ0) is 81.3. The average Bonchev–Trinajstić information content (AvgIpc) is 1.58. The van der Waals surface area contributed by atoms with Gasteiger partial charge in [0.1, 0.15) is 28.0 Å². The number of aromatic nitrogens is 12. The van der Waals surface area contributed by atoms with Crippen LogP contribution in [0.15, 0.2) is 405 Å². The first kappa shape index (κ1) is 72.7. The van der Waals surface area contributed by atoms with E-state index in [1.165, 1.54) is 105 Å². The van der Waals surface area contributed by atoms with Gasteiger partial charge in [0, 0.05) is 94.7 Å². The molecule has 0 atom stereocenters. The van der Waals surface area contributed by atoms with Crippen LogP contribution < -0.4 is 0 Å². The van der Waals surface area contributed by atoms with E-state index in [0.29, 0.717) is 17.5 Å². The minimum Gasteiger partial charge on any atom is -0.415 e. The first-order valence-electron chi connectivity index (χ1n) is 40.4. The number of nitrogens with zero attached hydrogens (tertiary/aromatic N) is 12. The van der Waals surface area contributed by atoms with Gasteiger partial charge in [0.05, 0.1) is 33.1 Å². The summed E-state index contributed by atoms with van der Waals surface area (Å²) in [4.78, 5) is 13.9. The molecule has 0 aliphatic rings. The molecule has 25 rings (SSSR count). The first-order valence-corrected chi connectivity index (χ1v) is 43.7. The van der Waals surface area contributed by atoms with Gasteiger partial charge >= 0.3 is 0 Å². The number of para-hydroxylation sites is 4. The van der Waals surface area contributed by atoms with Crippen LogP contribution in [-0.2, 0) is 0 Å². The summed E-state index contributed by atoms with van der Waals surface area (Å²) in [6.45, 7) is 0. The molecule has 0 radical (unpaired) electrons. The van der Waals surface area contributed by atoms with Crippen molar-refractivity contribution in [2.75, 3.05) is 0 Å². The minimum absolute atomic E-state index is 0.393. The molecular formula is C106H66N12OS4. The molecule has 0 aliphatic heterocycles. The third-order valence-electron chi connectivity index (χ3n) is 22.5. The molecule has 14 aromatic carbocycles. The zero-order valence-corrected chi connectivity index (χ0v) is 68.8. The van der Waals surface area contributed by atoms with E-state index in [1.807, 2.05) is 131 Å². The molecule has 0 spiro atoms. The Bertz CT molecular complexity index is 7950. The van der Waals surface area contributed by atoms with E-state index >= 15 is 0 Å². The lowest BCUT2D eigenvalue weighted by molar-refractivity contribution is 0.582. The number of fused-ring (bicyclic) bond motifs is 15. The molecule has 17 heteroatoms. The summed E-state index contributed by atoms with van der Waals surface area (Å²) in [5, 5.41) is 39.9. The topological polar surface area (TPSA) is 136 Å². The highest BCUT2D eigenvalue weighted by atomic mass is 32.1. The van der Waals surface area contributed by atoms with Gasteiger partial charge in [-0.25, -0.2) is 9.97 Å². The standard InChI is InChI=1S/C40H26N4S.C33H20N4OS.C33H20N4S2/c1-4-13-27(14-5-1)36-26-29-23-24-35-37(38(29)45-36)33-21-10-11-22-34(33)43(35)32-20-12-17-30(25-32)40-42-41-39(28-15-6-2-7-16-28)44(40)31-18-8-3-9-19-31;1-3-10-21(11-4-1)28-20-23-18-19-27-30(31(23)39-28)24-14-7-8-16-26(24)37(27)29-17-9-15-25(34-29)33-36-35-32(38-33)22-12-5-2-6-13-22;1-3-10-21(11-4-1)28-20-23-18-19-27-30(31(23)38-28)24-14-7-8-16-26(24)37(27)29-17-9-15-25(34-29)33-36-35-32(39-33)22-12-5-2-6-13-22/h1-26H;2*1-20H. The van der Waals surface area contributed by atoms with Crippen LogP contribution in [0, 0.1) is 0 Å². The number of hydrogen-bond acceptors (Lipinski definition) is 13. The van der Waals surface area contributed by atoms with Crippen LogP contribution in [0.5, 0.6) is 0 Å². The molecule has 0 saturated heterocycles. The van der Waals surface area contributed by atoms with Crippen molar-refractivity contribution in [3.05, 3.63) is 400 Å². The molecule has 580 valence electrons. The molecule has 0 fully saturated rings. The molecule has 0 bridgehead atoms. The third-order valence-corrected chi connectivity index (χ3v) is 27.1. The predicted molar refractivity (Wildman–Crippen MR) is 509 cm³/mol. The summed E-state index contributed by atoms with van der Waals surface area (Å²) in [6.07, 6.45) is 0. The lowest BCUT2D eigenvalue weighted by Crippen LogP contribution is -2.01. The SMILES string of the molecule is c1ccc(-c2cc3ccc4c(c5ccccc5n4-c4cccc(-c5nnc(-c6ccccc6)n5-c5ccccc5)c4)c3s2)cc1.c1ccc(-c2cc3ccc4c(c5ccccc5n4-c4cccc(-c5nnc(-c6ccccc6)s5)n4)c3s2)cc1.c1ccc(-c2nnc(-c3cccc(-n4c5ccccc5c5c6sc(-c7ccccc7)cc6ccc54)n3)o2)cc1. The van der Waals surface area contributed by atoms with Crippen LogP contribution in [0.1, 0.15) is 0 Å². The van der Waals surface area contributed by atoms with Crippen molar-refractivity contribution in [2.45, 2.75) is 0 Å². The number of benzene rings is 14. The molecule has 123 heavy (non-hydrogen) atoms. The lowest BCUT2D eigenvalue weighted by atomic mass is 10.1. The Labute approximate surface area is 720 Å². The molecule has 13 nitrogen and oxygen atoms in total. The van der Waals surface area contributed by atoms with E-state index in [2.05, 4.69) is 342 Å². The second-order valence-electron chi connectivity index (χ2n) is 29.9. The maximum absolute atomic E-state index is 6.01. The maximum atomic E-state index is 6.01. The van der Waals surface area contributed by atoms with Gasteiger partial charge in [0.2, 0.25) is 5.89 Å². The Morgan fingerprint density at radius 1 is 0.220 bits per heavy atom. The Morgan fingerprint density at radius 3 is 1.08 bits per heavy atom. The number of thiophene rings is 3. The van der Waals surface area contributed by atoms with E-state index in [9.17, 15) is 0 Å². The molecule has 0 aliphatic carbocycles. The summed E-state index contributed by atoms with van der Waals surface area (Å²) < 4.78 is 18.9. The van der Waals surface area contributed by atoms with Crippen LogP contribution in [0.25, 0.3) is 217 Å². The second-order valence-corrected chi connectivity index (χ2v) is 34.0. The summed E-state index contributed by atoms with van der Waals surface area (Å²) >= 11 is 7.12. The van der Waals surface area contributed by atoms with E-state index in [-0.39, 0.29) is 0 Å². The number of hydrogen-bond donors (Lipinski definition) is 0. The smallest absolute Gasteiger partial charge is 0.266 e. The molecule has 0 N–H and O–H groups in total. The van der Waals surface area contributed by atoms with Gasteiger partial charge in [0.25, 0.3) is 5.89 Å². The van der Waals surface area contributed by atoms with Crippen LogP contribution in [0.4, 0.5) is 0 Å². The van der Waals surface area contributed by atoms with Gasteiger partial charge in [-0.2, -0.15) is 0 Å². The van der Waals surface area contributed by atoms with Crippen LogP contribution in [0.2, 0.25) is 0 Å². The van der Waals surface area contributed by atoms with E-state index in [1.54, 1.807) is 11.3 Å². The minimum atomic E-state index is 0.393. The molecule has 0 amide bonds. The van der Waals surface area contributed by atoms with Gasteiger partial charge in [-0.05, 0) is 148 Å². The predicted octanol–water partition coefficient (Wildman–Crippen LogP) is 28.6. The highest BCUT2D eigenvalue weighted by Crippen LogP contribution is 2.48.